The van der Waals surface area contributed by atoms with Crippen LogP contribution in [0.5, 0.6) is 0 Å². The van der Waals surface area contributed by atoms with E-state index in [2.05, 4.69) is 10.0 Å². The number of rotatable bonds is 8. The predicted octanol–water partition coefficient (Wildman–Crippen LogP) is 3.97. The standard InChI is InChI=1S/C27H32ClFN4O3/c1-19(2)27(35)32(12-11-31-13-15-36-16-14-31)18-26(34)33-25(22-5-3-4-6-23(22)28)17-24(30-33)20-7-9-21(29)10-8-20/h3-10,19,25H,11-18H2,1-2H3. The fourth-order valence-corrected chi connectivity index (χ4v) is 4.76. The number of carbonyl (C=O) groups is 2. The maximum absolute atomic E-state index is 13.6. The van der Waals surface area contributed by atoms with Crippen molar-refractivity contribution in [2.24, 2.45) is 11.0 Å². The van der Waals surface area contributed by atoms with Crippen molar-refractivity contribution in [2.45, 2.75) is 26.3 Å². The fourth-order valence-electron chi connectivity index (χ4n) is 4.50. The first-order valence-electron chi connectivity index (χ1n) is 12.3. The quantitative estimate of drug-likeness (QED) is 0.534. The van der Waals surface area contributed by atoms with Crippen LogP contribution in [0.25, 0.3) is 0 Å². The predicted molar refractivity (Wildman–Crippen MR) is 137 cm³/mol. The molecule has 2 heterocycles. The zero-order chi connectivity index (χ0) is 25.7. The molecule has 2 aliphatic heterocycles. The van der Waals surface area contributed by atoms with Gasteiger partial charge in [-0.2, -0.15) is 5.10 Å². The Kier molecular flexibility index (Phi) is 8.72. The number of hydrogen-bond acceptors (Lipinski definition) is 5. The zero-order valence-electron chi connectivity index (χ0n) is 20.7. The molecule has 1 atom stereocenters. The van der Waals surface area contributed by atoms with E-state index in [1.165, 1.54) is 17.1 Å². The lowest BCUT2D eigenvalue weighted by atomic mass is 9.98. The van der Waals surface area contributed by atoms with Crippen molar-refractivity contribution in [3.8, 4) is 0 Å². The Bertz CT molecular complexity index is 1100. The van der Waals surface area contributed by atoms with E-state index in [0.29, 0.717) is 43.5 Å². The average molecular weight is 515 g/mol. The van der Waals surface area contributed by atoms with E-state index in [4.69, 9.17) is 16.3 Å². The SMILES string of the molecule is CC(C)C(=O)N(CCN1CCOCC1)CC(=O)N1N=C(c2ccc(F)cc2)CC1c1ccccc1Cl. The van der Waals surface area contributed by atoms with Gasteiger partial charge in [-0.05, 0) is 29.3 Å². The monoisotopic (exact) mass is 514 g/mol. The fraction of sp³-hybridized carbons (Fsp3) is 0.444. The molecule has 0 radical (unpaired) electrons. The lowest BCUT2D eigenvalue weighted by molar-refractivity contribution is -0.143. The smallest absolute Gasteiger partial charge is 0.262 e. The van der Waals surface area contributed by atoms with Gasteiger partial charge < -0.3 is 9.64 Å². The molecule has 0 saturated carbocycles. The summed E-state index contributed by atoms with van der Waals surface area (Å²) in [4.78, 5) is 30.5. The Morgan fingerprint density at radius 3 is 2.50 bits per heavy atom. The molecule has 36 heavy (non-hydrogen) atoms. The summed E-state index contributed by atoms with van der Waals surface area (Å²) < 4.78 is 18.9. The van der Waals surface area contributed by atoms with Crippen molar-refractivity contribution >= 4 is 29.1 Å². The first kappa shape index (κ1) is 26.3. The molecular weight excluding hydrogens is 483 g/mol. The molecule has 0 bridgehead atoms. The molecule has 0 aromatic heterocycles. The van der Waals surface area contributed by atoms with Crippen molar-refractivity contribution < 1.29 is 18.7 Å². The van der Waals surface area contributed by atoms with Gasteiger partial charge in [0.1, 0.15) is 12.4 Å². The molecule has 192 valence electrons. The number of carbonyl (C=O) groups excluding carboxylic acids is 2. The van der Waals surface area contributed by atoms with E-state index in [1.54, 1.807) is 23.1 Å². The minimum absolute atomic E-state index is 0.0761. The molecule has 9 heteroatoms. The van der Waals surface area contributed by atoms with Crippen LogP contribution in [0.3, 0.4) is 0 Å². The number of ether oxygens (including phenoxy) is 1. The van der Waals surface area contributed by atoms with E-state index in [9.17, 15) is 14.0 Å². The highest BCUT2D eigenvalue weighted by Crippen LogP contribution is 2.36. The summed E-state index contributed by atoms with van der Waals surface area (Å²) in [7, 11) is 0. The maximum atomic E-state index is 13.6. The van der Waals surface area contributed by atoms with Crippen molar-refractivity contribution in [3.63, 3.8) is 0 Å². The number of amides is 2. The second kappa shape index (κ2) is 12.0. The number of hydrazone groups is 1. The molecule has 0 N–H and O–H groups in total. The molecular formula is C27H32ClFN4O3. The molecule has 2 aromatic carbocycles. The second-order valence-corrected chi connectivity index (χ2v) is 9.81. The summed E-state index contributed by atoms with van der Waals surface area (Å²) in [6.07, 6.45) is 0.438. The summed E-state index contributed by atoms with van der Waals surface area (Å²) >= 11 is 6.50. The molecule has 2 amide bonds. The van der Waals surface area contributed by atoms with Gasteiger partial charge in [0.15, 0.2) is 0 Å². The van der Waals surface area contributed by atoms with Crippen LogP contribution in [-0.4, -0.2) is 78.3 Å². The number of benzene rings is 2. The van der Waals surface area contributed by atoms with Gasteiger partial charge in [0, 0.05) is 43.5 Å². The number of nitrogens with zero attached hydrogens (tertiary/aromatic N) is 4. The molecule has 0 aliphatic carbocycles. The average Bonchev–Trinajstić information content (AvgIpc) is 3.32. The Morgan fingerprint density at radius 2 is 1.83 bits per heavy atom. The Morgan fingerprint density at radius 1 is 1.14 bits per heavy atom. The molecule has 2 aromatic rings. The van der Waals surface area contributed by atoms with Gasteiger partial charge in [0.05, 0.1) is 25.0 Å². The van der Waals surface area contributed by atoms with Crippen molar-refractivity contribution in [1.29, 1.82) is 0 Å². The second-order valence-electron chi connectivity index (χ2n) is 9.40. The van der Waals surface area contributed by atoms with Crippen LogP contribution < -0.4 is 0 Å². The highest BCUT2D eigenvalue weighted by atomic mass is 35.5. The number of hydrogen-bond donors (Lipinski definition) is 0. The lowest BCUT2D eigenvalue weighted by Crippen LogP contribution is -2.47. The lowest BCUT2D eigenvalue weighted by Gasteiger charge is -2.32. The first-order chi connectivity index (χ1) is 17.3. The molecule has 1 saturated heterocycles. The van der Waals surface area contributed by atoms with Gasteiger partial charge >= 0.3 is 0 Å². The van der Waals surface area contributed by atoms with Gasteiger partial charge in [-0.1, -0.05) is 55.8 Å². The third-order valence-corrected chi connectivity index (χ3v) is 6.87. The first-order valence-corrected chi connectivity index (χ1v) is 12.7. The van der Waals surface area contributed by atoms with Gasteiger partial charge in [-0.15, -0.1) is 0 Å². The Hall–Kier alpha value is -2.81. The maximum Gasteiger partial charge on any atom is 0.262 e. The topological polar surface area (TPSA) is 65.5 Å². The Balaban J connectivity index is 1.57. The van der Waals surface area contributed by atoms with Crippen LogP contribution in [0, 0.1) is 11.7 Å². The third kappa shape index (κ3) is 6.30. The summed E-state index contributed by atoms with van der Waals surface area (Å²) in [5.74, 6) is -0.935. The van der Waals surface area contributed by atoms with E-state index >= 15 is 0 Å². The third-order valence-electron chi connectivity index (χ3n) is 6.53. The van der Waals surface area contributed by atoms with Crippen LogP contribution in [0.4, 0.5) is 4.39 Å². The molecule has 1 fully saturated rings. The van der Waals surface area contributed by atoms with Crippen molar-refractivity contribution in [1.82, 2.24) is 14.8 Å². The van der Waals surface area contributed by atoms with Gasteiger partial charge in [-0.3, -0.25) is 14.5 Å². The van der Waals surface area contributed by atoms with E-state index in [1.807, 2.05) is 32.0 Å². The number of morpholine rings is 1. The molecule has 4 rings (SSSR count). The summed E-state index contributed by atoms with van der Waals surface area (Å²) in [5.41, 5.74) is 2.19. The summed E-state index contributed by atoms with van der Waals surface area (Å²) in [5, 5.41) is 6.63. The van der Waals surface area contributed by atoms with Gasteiger partial charge in [-0.25, -0.2) is 9.40 Å². The van der Waals surface area contributed by atoms with Crippen molar-refractivity contribution in [2.75, 3.05) is 45.9 Å². The highest BCUT2D eigenvalue weighted by Gasteiger charge is 2.35. The zero-order valence-corrected chi connectivity index (χ0v) is 21.5. The minimum Gasteiger partial charge on any atom is -0.379 e. The summed E-state index contributed by atoms with van der Waals surface area (Å²) in [6, 6.07) is 13.0. The largest absolute Gasteiger partial charge is 0.379 e. The summed E-state index contributed by atoms with van der Waals surface area (Å²) in [6.45, 7) is 7.67. The van der Waals surface area contributed by atoms with Crippen LogP contribution in [-0.2, 0) is 14.3 Å². The van der Waals surface area contributed by atoms with E-state index in [-0.39, 0.29) is 30.1 Å². The Labute approximate surface area is 216 Å². The minimum atomic E-state index is -0.415. The molecule has 2 aliphatic rings. The number of halogens is 2. The van der Waals surface area contributed by atoms with Crippen LogP contribution in [0.15, 0.2) is 53.6 Å². The molecule has 1 unspecified atom stereocenters. The van der Waals surface area contributed by atoms with E-state index in [0.717, 1.165) is 24.2 Å². The van der Waals surface area contributed by atoms with E-state index < -0.39 is 6.04 Å². The van der Waals surface area contributed by atoms with Crippen molar-refractivity contribution in [3.05, 3.63) is 70.5 Å². The van der Waals surface area contributed by atoms with Gasteiger partial charge in [0.25, 0.3) is 5.91 Å². The normalized spacial score (nSPS) is 18.4. The molecule has 0 spiro atoms. The van der Waals surface area contributed by atoms with Crippen LogP contribution in [0.2, 0.25) is 5.02 Å². The molecule has 7 nitrogen and oxygen atoms in total. The van der Waals surface area contributed by atoms with Crippen LogP contribution >= 0.6 is 11.6 Å². The highest BCUT2D eigenvalue weighted by molar-refractivity contribution is 6.31. The van der Waals surface area contributed by atoms with Gasteiger partial charge in [0.2, 0.25) is 5.91 Å². The van der Waals surface area contributed by atoms with Crippen LogP contribution in [0.1, 0.15) is 37.4 Å².